The van der Waals surface area contributed by atoms with Crippen LogP contribution in [0.25, 0.3) is 0 Å². The summed E-state index contributed by atoms with van der Waals surface area (Å²) in [6.45, 7) is 0. The summed E-state index contributed by atoms with van der Waals surface area (Å²) in [5.41, 5.74) is 0.944. The SMILES string of the molecule is O=[N+]([O-])C=C1CSC1. The van der Waals surface area contributed by atoms with Gasteiger partial charge in [-0.25, -0.2) is 0 Å². The minimum atomic E-state index is -0.394. The number of rotatable bonds is 1. The van der Waals surface area contributed by atoms with Gasteiger partial charge in [0.25, 0.3) is 0 Å². The molecule has 44 valence electrons. The molecular weight excluding hydrogens is 126 g/mol. The third-order valence-corrected chi connectivity index (χ3v) is 2.01. The van der Waals surface area contributed by atoms with Gasteiger partial charge in [-0.3, -0.25) is 10.1 Å². The lowest BCUT2D eigenvalue weighted by atomic mass is 10.4. The van der Waals surface area contributed by atoms with Crippen LogP contribution in [0.3, 0.4) is 0 Å². The number of thioether (sulfide) groups is 1. The summed E-state index contributed by atoms with van der Waals surface area (Å²) in [5.74, 6) is 1.70. The molecule has 0 spiro atoms. The molecule has 0 unspecified atom stereocenters. The Kier molecular flexibility index (Phi) is 1.53. The van der Waals surface area contributed by atoms with E-state index in [1.807, 2.05) is 0 Å². The van der Waals surface area contributed by atoms with Crippen LogP contribution in [0.2, 0.25) is 0 Å². The van der Waals surface area contributed by atoms with Crippen molar-refractivity contribution in [2.75, 3.05) is 11.5 Å². The molecule has 0 aliphatic carbocycles. The monoisotopic (exact) mass is 131 g/mol. The fourth-order valence-corrected chi connectivity index (χ4v) is 1.03. The molecule has 0 bridgehead atoms. The summed E-state index contributed by atoms with van der Waals surface area (Å²) in [5, 5.41) is 9.72. The third-order valence-electron chi connectivity index (χ3n) is 0.863. The van der Waals surface area contributed by atoms with Gasteiger partial charge in [0.05, 0.1) is 4.92 Å². The van der Waals surface area contributed by atoms with Gasteiger partial charge in [-0.05, 0) is 0 Å². The molecule has 0 aromatic carbocycles. The molecule has 1 saturated heterocycles. The van der Waals surface area contributed by atoms with Gasteiger partial charge in [-0.15, -0.1) is 0 Å². The first kappa shape index (κ1) is 5.62. The van der Waals surface area contributed by atoms with E-state index in [4.69, 9.17) is 0 Å². The second-order valence-corrected chi connectivity index (χ2v) is 2.55. The molecule has 0 aromatic heterocycles. The Morgan fingerprint density at radius 2 is 2.38 bits per heavy atom. The topological polar surface area (TPSA) is 43.1 Å². The van der Waals surface area contributed by atoms with Crippen LogP contribution in [0.1, 0.15) is 0 Å². The van der Waals surface area contributed by atoms with Crippen molar-refractivity contribution in [3.05, 3.63) is 21.9 Å². The van der Waals surface area contributed by atoms with Gasteiger partial charge in [0, 0.05) is 17.1 Å². The minimum Gasteiger partial charge on any atom is -0.259 e. The van der Waals surface area contributed by atoms with E-state index < -0.39 is 4.92 Å². The zero-order valence-corrected chi connectivity index (χ0v) is 4.98. The Morgan fingerprint density at radius 3 is 2.50 bits per heavy atom. The van der Waals surface area contributed by atoms with Crippen molar-refractivity contribution >= 4 is 11.8 Å². The number of hydrogen-bond donors (Lipinski definition) is 0. The van der Waals surface area contributed by atoms with E-state index in [-0.39, 0.29) is 0 Å². The molecule has 1 heterocycles. The maximum absolute atomic E-state index is 9.72. The smallest absolute Gasteiger partial charge is 0.235 e. The lowest BCUT2D eigenvalue weighted by molar-refractivity contribution is -0.403. The summed E-state index contributed by atoms with van der Waals surface area (Å²) >= 11 is 1.71. The Balaban J connectivity index is 2.42. The van der Waals surface area contributed by atoms with Gasteiger partial charge in [-0.1, -0.05) is 0 Å². The van der Waals surface area contributed by atoms with Gasteiger partial charge in [0.2, 0.25) is 6.20 Å². The maximum atomic E-state index is 9.72. The van der Waals surface area contributed by atoms with E-state index >= 15 is 0 Å². The summed E-state index contributed by atoms with van der Waals surface area (Å²) in [4.78, 5) is 9.33. The molecule has 8 heavy (non-hydrogen) atoms. The van der Waals surface area contributed by atoms with Crippen molar-refractivity contribution in [3.63, 3.8) is 0 Å². The van der Waals surface area contributed by atoms with E-state index in [9.17, 15) is 10.1 Å². The Hall–Kier alpha value is -0.510. The summed E-state index contributed by atoms with van der Waals surface area (Å²) < 4.78 is 0. The molecule has 4 heteroatoms. The molecule has 1 fully saturated rings. The predicted molar refractivity (Wildman–Crippen MR) is 32.4 cm³/mol. The van der Waals surface area contributed by atoms with Crippen LogP contribution >= 0.6 is 11.8 Å². The van der Waals surface area contributed by atoms with Gasteiger partial charge >= 0.3 is 0 Å². The third kappa shape index (κ3) is 1.23. The highest BCUT2D eigenvalue weighted by molar-refractivity contribution is 8.01. The molecule has 0 aromatic rings. The largest absolute Gasteiger partial charge is 0.259 e. The molecule has 0 radical (unpaired) electrons. The van der Waals surface area contributed by atoms with E-state index in [0.29, 0.717) is 0 Å². The lowest BCUT2D eigenvalue weighted by Gasteiger charge is -2.10. The molecule has 0 atom stereocenters. The lowest BCUT2D eigenvalue weighted by Crippen LogP contribution is -2.05. The van der Waals surface area contributed by atoms with E-state index in [2.05, 4.69) is 0 Å². The van der Waals surface area contributed by atoms with Crippen LogP contribution in [0.5, 0.6) is 0 Å². The second-order valence-electron chi connectivity index (χ2n) is 1.57. The Morgan fingerprint density at radius 1 is 1.75 bits per heavy atom. The van der Waals surface area contributed by atoms with Gasteiger partial charge in [0.15, 0.2) is 0 Å². The molecule has 1 aliphatic heterocycles. The molecule has 0 amide bonds. The minimum absolute atomic E-state index is 0.394. The molecule has 0 N–H and O–H groups in total. The second kappa shape index (κ2) is 2.17. The van der Waals surface area contributed by atoms with E-state index in [1.54, 1.807) is 11.8 Å². The van der Waals surface area contributed by atoms with Crippen LogP contribution in [0.4, 0.5) is 0 Å². The summed E-state index contributed by atoms with van der Waals surface area (Å²) in [6.07, 6.45) is 1.09. The van der Waals surface area contributed by atoms with Crippen LogP contribution in [-0.2, 0) is 0 Å². The summed E-state index contributed by atoms with van der Waals surface area (Å²) in [7, 11) is 0. The first-order chi connectivity index (χ1) is 3.79. The van der Waals surface area contributed by atoms with Crippen molar-refractivity contribution in [2.24, 2.45) is 0 Å². The van der Waals surface area contributed by atoms with Crippen molar-refractivity contribution in [3.8, 4) is 0 Å². The van der Waals surface area contributed by atoms with Crippen LogP contribution in [-0.4, -0.2) is 16.4 Å². The zero-order chi connectivity index (χ0) is 5.98. The summed E-state index contributed by atoms with van der Waals surface area (Å²) in [6, 6.07) is 0. The molecule has 0 saturated carbocycles. The standard InChI is InChI=1S/C4H5NO2S/c6-5(7)1-4-2-8-3-4/h1H,2-3H2. The van der Waals surface area contributed by atoms with Crippen molar-refractivity contribution in [2.45, 2.75) is 0 Å². The number of hydrogen-bond acceptors (Lipinski definition) is 3. The number of nitro groups is 1. The highest BCUT2D eigenvalue weighted by atomic mass is 32.2. The maximum Gasteiger partial charge on any atom is 0.235 e. The highest BCUT2D eigenvalue weighted by Crippen LogP contribution is 2.22. The predicted octanol–water partition coefficient (Wildman–Crippen LogP) is 0.894. The van der Waals surface area contributed by atoms with E-state index in [1.165, 1.54) is 0 Å². The molecule has 1 rings (SSSR count). The van der Waals surface area contributed by atoms with Crippen molar-refractivity contribution in [1.82, 2.24) is 0 Å². The van der Waals surface area contributed by atoms with Crippen LogP contribution in [0, 0.1) is 10.1 Å². The van der Waals surface area contributed by atoms with Crippen LogP contribution in [0.15, 0.2) is 11.8 Å². The molecule has 3 nitrogen and oxygen atoms in total. The fourth-order valence-electron chi connectivity index (χ4n) is 0.444. The van der Waals surface area contributed by atoms with Gasteiger partial charge < -0.3 is 0 Å². The molecule has 1 aliphatic rings. The van der Waals surface area contributed by atoms with E-state index in [0.717, 1.165) is 23.3 Å². The van der Waals surface area contributed by atoms with Gasteiger partial charge in [0.1, 0.15) is 0 Å². The first-order valence-electron chi connectivity index (χ1n) is 2.20. The zero-order valence-electron chi connectivity index (χ0n) is 4.16. The Bertz CT molecular complexity index is 137. The van der Waals surface area contributed by atoms with Crippen molar-refractivity contribution < 1.29 is 4.92 Å². The normalized spacial score (nSPS) is 17.2. The van der Waals surface area contributed by atoms with Crippen LogP contribution < -0.4 is 0 Å². The highest BCUT2D eigenvalue weighted by Gasteiger charge is 2.11. The van der Waals surface area contributed by atoms with Crippen molar-refractivity contribution in [1.29, 1.82) is 0 Å². The fraction of sp³-hybridized carbons (Fsp3) is 0.500. The molecular formula is C4H5NO2S. The quantitative estimate of drug-likeness (QED) is 0.392. The van der Waals surface area contributed by atoms with Gasteiger partial charge in [-0.2, -0.15) is 11.8 Å². The number of nitrogens with zero attached hydrogens (tertiary/aromatic N) is 1. The first-order valence-corrected chi connectivity index (χ1v) is 3.35. The average molecular weight is 131 g/mol. The average Bonchev–Trinajstić information content (AvgIpc) is 1.55. The Labute approximate surface area is 50.9 Å².